The van der Waals surface area contributed by atoms with E-state index < -0.39 is 0 Å². The van der Waals surface area contributed by atoms with Crippen LogP contribution in [0.25, 0.3) is 10.9 Å². The highest BCUT2D eigenvalue weighted by molar-refractivity contribution is 5.97. The molecule has 0 spiro atoms. The van der Waals surface area contributed by atoms with Crippen LogP contribution >= 0.6 is 0 Å². The molecule has 12 heavy (non-hydrogen) atoms. The summed E-state index contributed by atoms with van der Waals surface area (Å²) in [6.45, 7) is 2.03. The summed E-state index contributed by atoms with van der Waals surface area (Å²) in [6.07, 6.45) is 0. The fourth-order valence-corrected chi connectivity index (χ4v) is 1.35. The van der Waals surface area contributed by atoms with Gasteiger partial charge in [0, 0.05) is 10.9 Å². The van der Waals surface area contributed by atoms with Gasteiger partial charge in [-0.15, -0.1) is 0 Å². The van der Waals surface area contributed by atoms with Crippen LogP contribution in [0.15, 0.2) is 18.2 Å². The van der Waals surface area contributed by atoms with Crippen LogP contribution in [-0.2, 0) is 0 Å². The number of hydrogen-bond acceptors (Lipinski definition) is 2. The second-order valence-electron chi connectivity index (χ2n) is 3.00. The van der Waals surface area contributed by atoms with Crippen molar-refractivity contribution < 1.29 is 0 Å². The lowest BCUT2D eigenvalue weighted by atomic mass is 10.2. The van der Waals surface area contributed by atoms with E-state index in [0.29, 0.717) is 11.5 Å². The Morgan fingerprint density at radius 3 is 2.75 bits per heavy atom. The number of aromatic nitrogens is 1. The lowest BCUT2D eigenvalue weighted by Gasteiger charge is -1.92. The summed E-state index contributed by atoms with van der Waals surface area (Å²) >= 11 is 0. The first-order chi connectivity index (χ1) is 5.68. The molecule has 0 amide bonds. The minimum Gasteiger partial charge on any atom is -0.395 e. The molecular formula is C9H11N3. The fraction of sp³-hybridized carbons (Fsp3) is 0.111. The molecule has 0 bridgehead atoms. The topological polar surface area (TPSA) is 67.8 Å². The molecule has 1 aromatic carbocycles. The second kappa shape index (κ2) is 2.17. The van der Waals surface area contributed by atoms with Gasteiger partial charge in [0.1, 0.15) is 5.82 Å². The number of benzene rings is 1. The van der Waals surface area contributed by atoms with Crippen LogP contribution in [0.3, 0.4) is 0 Å². The van der Waals surface area contributed by atoms with Crippen molar-refractivity contribution in [1.29, 1.82) is 0 Å². The number of anilines is 2. The predicted molar refractivity (Wildman–Crippen MR) is 51.9 cm³/mol. The molecule has 0 aliphatic carbocycles. The number of aryl methyl sites for hydroxylation is 1. The molecule has 1 aromatic heterocycles. The van der Waals surface area contributed by atoms with Gasteiger partial charge in [0.2, 0.25) is 0 Å². The van der Waals surface area contributed by atoms with E-state index in [1.165, 1.54) is 5.56 Å². The van der Waals surface area contributed by atoms with Gasteiger partial charge < -0.3 is 16.5 Å². The van der Waals surface area contributed by atoms with E-state index in [1.54, 1.807) is 0 Å². The number of nitrogen functional groups attached to an aromatic ring is 2. The minimum atomic E-state index is 0.551. The first-order valence-electron chi connectivity index (χ1n) is 3.82. The average molecular weight is 161 g/mol. The Bertz CT molecular complexity index is 429. The van der Waals surface area contributed by atoms with Gasteiger partial charge in [0.05, 0.1) is 5.69 Å². The maximum absolute atomic E-state index is 5.73. The third-order valence-electron chi connectivity index (χ3n) is 2.02. The van der Waals surface area contributed by atoms with Crippen molar-refractivity contribution in [2.24, 2.45) is 0 Å². The van der Waals surface area contributed by atoms with Crippen molar-refractivity contribution in [2.75, 3.05) is 11.5 Å². The van der Waals surface area contributed by atoms with Crippen molar-refractivity contribution in [1.82, 2.24) is 4.98 Å². The van der Waals surface area contributed by atoms with Crippen molar-refractivity contribution in [3.63, 3.8) is 0 Å². The quantitative estimate of drug-likeness (QED) is 0.549. The molecule has 0 radical (unpaired) electrons. The molecule has 0 aliphatic rings. The van der Waals surface area contributed by atoms with E-state index in [9.17, 15) is 0 Å². The molecule has 0 unspecified atom stereocenters. The molecule has 0 fully saturated rings. The summed E-state index contributed by atoms with van der Waals surface area (Å²) in [5, 5.41) is 0.998. The molecule has 5 N–H and O–H groups in total. The first kappa shape index (κ1) is 7.03. The predicted octanol–water partition coefficient (Wildman–Crippen LogP) is 1.64. The zero-order valence-corrected chi connectivity index (χ0v) is 6.89. The van der Waals surface area contributed by atoms with Gasteiger partial charge in [0.25, 0.3) is 0 Å². The van der Waals surface area contributed by atoms with Gasteiger partial charge >= 0.3 is 0 Å². The smallest absolute Gasteiger partial charge is 0.125 e. The van der Waals surface area contributed by atoms with Crippen LogP contribution in [0.5, 0.6) is 0 Å². The second-order valence-corrected chi connectivity index (χ2v) is 3.00. The highest BCUT2D eigenvalue weighted by Crippen LogP contribution is 2.26. The van der Waals surface area contributed by atoms with Gasteiger partial charge in [-0.25, -0.2) is 0 Å². The number of nitrogens with one attached hydrogen (secondary N) is 1. The number of fused-ring (bicyclic) bond motifs is 1. The first-order valence-corrected chi connectivity index (χ1v) is 3.82. The van der Waals surface area contributed by atoms with Crippen molar-refractivity contribution in [3.8, 4) is 0 Å². The van der Waals surface area contributed by atoms with Crippen LogP contribution < -0.4 is 11.5 Å². The minimum absolute atomic E-state index is 0.551. The Kier molecular flexibility index (Phi) is 1.27. The Labute approximate surface area is 70.4 Å². The molecule has 1 heterocycles. The van der Waals surface area contributed by atoms with E-state index in [-0.39, 0.29) is 0 Å². The highest BCUT2D eigenvalue weighted by Gasteiger charge is 2.03. The molecule has 3 nitrogen and oxygen atoms in total. The van der Waals surface area contributed by atoms with E-state index in [4.69, 9.17) is 11.5 Å². The van der Waals surface area contributed by atoms with Crippen molar-refractivity contribution in [3.05, 3.63) is 23.8 Å². The highest BCUT2D eigenvalue weighted by atomic mass is 14.9. The Hall–Kier alpha value is -1.64. The molecule has 3 heteroatoms. The molecule has 0 saturated carbocycles. The van der Waals surface area contributed by atoms with Crippen LogP contribution in [0, 0.1) is 6.92 Å². The summed E-state index contributed by atoms with van der Waals surface area (Å²) in [5.74, 6) is 0.551. The van der Waals surface area contributed by atoms with E-state index in [2.05, 4.69) is 4.98 Å². The maximum Gasteiger partial charge on any atom is 0.125 e. The van der Waals surface area contributed by atoms with Gasteiger partial charge in [-0.2, -0.15) is 0 Å². The van der Waals surface area contributed by atoms with Crippen LogP contribution in [-0.4, -0.2) is 4.98 Å². The van der Waals surface area contributed by atoms with Gasteiger partial charge in [-0.05, 0) is 18.6 Å². The van der Waals surface area contributed by atoms with E-state index in [0.717, 1.165) is 10.9 Å². The summed E-state index contributed by atoms with van der Waals surface area (Å²) < 4.78 is 0. The van der Waals surface area contributed by atoms with Crippen molar-refractivity contribution >= 4 is 22.4 Å². The van der Waals surface area contributed by atoms with Gasteiger partial charge in [-0.3, -0.25) is 0 Å². The summed E-state index contributed by atoms with van der Waals surface area (Å²) in [6, 6.07) is 6.03. The average Bonchev–Trinajstić information content (AvgIpc) is 2.28. The zero-order valence-electron chi connectivity index (χ0n) is 6.89. The van der Waals surface area contributed by atoms with E-state index >= 15 is 0 Å². The maximum atomic E-state index is 5.73. The lowest BCUT2D eigenvalue weighted by Crippen LogP contribution is -1.90. The Balaban J connectivity index is 2.87. The summed E-state index contributed by atoms with van der Waals surface area (Å²) in [7, 11) is 0. The standard InChI is InChI=1S/C9H11N3/c1-5-2-3-6-7(4-5)12-9(11)8(6)10/h2-4,12H,10-11H2,1H3. The van der Waals surface area contributed by atoms with Crippen LogP contribution in [0.2, 0.25) is 0 Å². The molecule has 62 valence electrons. The monoisotopic (exact) mass is 161 g/mol. The third kappa shape index (κ3) is 0.830. The SMILES string of the molecule is Cc1ccc2c(N)c(N)[nH]c2c1. The lowest BCUT2D eigenvalue weighted by molar-refractivity contribution is 1.44. The van der Waals surface area contributed by atoms with Crippen LogP contribution in [0.1, 0.15) is 5.56 Å². The summed E-state index contributed by atoms with van der Waals surface area (Å²) in [5.41, 5.74) is 14.2. The molecule has 0 aliphatic heterocycles. The Morgan fingerprint density at radius 1 is 1.25 bits per heavy atom. The van der Waals surface area contributed by atoms with Crippen molar-refractivity contribution in [2.45, 2.75) is 6.92 Å². The number of nitrogens with two attached hydrogens (primary N) is 2. The largest absolute Gasteiger partial charge is 0.395 e. The molecule has 2 rings (SSSR count). The molecule has 0 saturated heterocycles. The number of rotatable bonds is 0. The fourth-order valence-electron chi connectivity index (χ4n) is 1.35. The zero-order chi connectivity index (χ0) is 8.72. The number of hydrogen-bond donors (Lipinski definition) is 3. The van der Waals surface area contributed by atoms with Gasteiger partial charge in [0.15, 0.2) is 0 Å². The van der Waals surface area contributed by atoms with Gasteiger partial charge in [-0.1, -0.05) is 12.1 Å². The van der Waals surface area contributed by atoms with E-state index in [1.807, 2.05) is 25.1 Å². The number of aromatic amines is 1. The molecular weight excluding hydrogens is 150 g/mol. The normalized spacial score (nSPS) is 10.8. The third-order valence-corrected chi connectivity index (χ3v) is 2.02. The molecule has 0 atom stereocenters. The van der Waals surface area contributed by atoms with Crippen LogP contribution in [0.4, 0.5) is 11.5 Å². The number of H-pyrrole nitrogens is 1. The summed E-state index contributed by atoms with van der Waals surface area (Å²) in [4.78, 5) is 3.02. The molecule has 2 aromatic rings. The Morgan fingerprint density at radius 2 is 2.00 bits per heavy atom.